The third kappa shape index (κ3) is 38.1. The summed E-state index contributed by atoms with van der Waals surface area (Å²) in [6.45, 7) is 0.918. The maximum atomic E-state index is 9.53. The quantitative estimate of drug-likeness (QED) is 0.344. The maximum Gasteiger partial charge on any atom is 0.294 e. The van der Waals surface area contributed by atoms with Crippen molar-refractivity contribution in [2.24, 2.45) is 0 Å². The molecule has 0 amide bonds. The molecular formula is C4H11N3O6. The van der Waals surface area contributed by atoms with E-state index in [2.05, 4.69) is 10.2 Å². The Morgan fingerprint density at radius 2 is 1.92 bits per heavy atom. The summed E-state index contributed by atoms with van der Waals surface area (Å²) >= 11 is 0. The predicted octanol–water partition coefficient (Wildman–Crippen LogP) is -0.543. The second kappa shape index (κ2) is 10.4. The van der Waals surface area contributed by atoms with Crippen LogP contribution in [-0.4, -0.2) is 35.6 Å². The van der Waals surface area contributed by atoms with Crippen LogP contribution in [0.2, 0.25) is 0 Å². The molecule has 0 aliphatic rings. The average Bonchev–Trinajstić information content (AvgIpc) is 1.97. The van der Waals surface area contributed by atoms with Gasteiger partial charge in [0.15, 0.2) is 0 Å². The Hall–Kier alpha value is -1.64. The van der Waals surface area contributed by atoms with Crippen molar-refractivity contribution in [3.05, 3.63) is 20.2 Å². The summed E-state index contributed by atoms with van der Waals surface area (Å²) in [5, 5.41) is 25.2. The molecule has 0 aliphatic carbocycles. The first kappa shape index (κ1) is 13.9. The Bertz CT molecular complexity index is 147. The molecule has 78 valence electrons. The van der Waals surface area contributed by atoms with Gasteiger partial charge < -0.3 is 15.4 Å². The van der Waals surface area contributed by atoms with Gasteiger partial charge in [-0.15, -0.1) is 20.2 Å². The molecule has 0 fully saturated rings. The average molecular weight is 197 g/mol. The van der Waals surface area contributed by atoms with Crippen molar-refractivity contribution in [1.29, 1.82) is 0 Å². The Morgan fingerprint density at radius 3 is 2.23 bits per heavy atom. The van der Waals surface area contributed by atoms with E-state index in [9.17, 15) is 10.1 Å². The van der Waals surface area contributed by atoms with E-state index in [0.29, 0.717) is 6.42 Å². The lowest BCUT2D eigenvalue weighted by atomic mass is 10.5. The highest BCUT2D eigenvalue weighted by atomic mass is 16.9. The van der Waals surface area contributed by atoms with Gasteiger partial charge in [0.1, 0.15) is 0 Å². The molecule has 0 bridgehead atoms. The minimum absolute atomic E-state index is 0.174. The van der Waals surface area contributed by atoms with E-state index in [0.717, 1.165) is 6.54 Å². The summed E-state index contributed by atoms with van der Waals surface area (Å²) in [6, 6.07) is 0. The number of rotatable bonds is 5. The number of nitrogens with one attached hydrogen (secondary N) is 1. The monoisotopic (exact) mass is 197 g/mol. The fourth-order valence-corrected chi connectivity index (χ4v) is 0.388. The molecule has 0 aliphatic heterocycles. The number of hydrogen-bond donors (Lipinski definition) is 2. The lowest BCUT2D eigenvalue weighted by Crippen LogP contribution is -2.12. The molecule has 0 atom stereocenters. The summed E-state index contributed by atoms with van der Waals surface area (Å²) in [5.74, 6) is 0. The second-order valence-corrected chi connectivity index (χ2v) is 1.75. The highest BCUT2D eigenvalue weighted by Crippen LogP contribution is 1.79. The summed E-state index contributed by atoms with van der Waals surface area (Å²) in [7, 11) is 1.78. The first-order chi connectivity index (χ1) is 6.00. The molecule has 9 nitrogen and oxygen atoms in total. The lowest BCUT2D eigenvalue weighted by molar-refractivity contribution is -0.757. The molecule has 0 spiro atoms. The van der Waals surface area contributed by atoms with Crippen molar-refractivity contribution >= 4 is 0 Å². The van der Waals surface area contributed by atoms with Gasteiger partial charge in [-0.1, -0.05) is 0 Å². The van der Waals surface area contributed by atoms with Gasteiger partial charge in [0, 0.05) is 0 Å². The van der Waals surface area contributed by atoms with Crippen molar-refractivity contribution in [3.8, 4) is 0 Å². The minimum atomic E-state index is -1.50. The summed E-state index contributed by atoms with van der Waals surface area (Å²) < 4.78 is 0. The van der Waals surface area contributed by atoms with Crippen LogP contribution in [0, 0.1) is 20.2 Å². The predicted molar refractivity (Wildman–Crippen MR) is 40.3 cm³/mol. The molecule has 9 heteroatoms. The van der Waals surface area contributed by atoms with Crippen molar-refractivity contribution in [2.75, 3.05) is 20.2 Å². The molecule has 0 radical (unpaired) electrons. The smallest absolute Gasteiger partial charge is 0.294 e. The molecule has 0 saturated heterocycles. The van der Waals surface area contributed by atoms with Crippen molar-refractivity contribution in [2.45, 2.75) is 6.42 Å². The van der Waals surface area contributed by atoms with Crippen LogP contribution in [0.4, 0.5) is 0 Å². The molecule has 0 aromatic heterocycles. The first-order valence-electron chi connectivity index (χ1n) is 3.26. The molecule has 13 heavy (non-hydrogen) atoms. The maximum absolute atomic E-state index is 9.53. The van der Waals surface area contributed by atoms with Crippen LogP contribution in [0.15, 0.2) is 0 Å². The van der Waals surface area contributed by atoms with Crippen LogP contribution >= 0.6 is 0 Å². The summed E-state index contributed by atoms with van der Waals surface area (Å²) in [4.78, 5) is 21.9. The first-order valence-corrected chi connectivity index (χ1v) is 3.26. The van der Waals surface area contributed by atoms with E-state index in [-0.39, 0.29) is 6.61 Å². The summed E-state index contributed by atoms with van der Waals surface area (Å²) in [5.41, 5.74) is 0. The van der Waals surface area contributed by atoms with E-state index < -0.39 is 10.2 Å². The summed E-state index contributed by atoms with van der Waals surface area (Å²) in [6.07, 6.45) is 0.664. The van der Waals surface area contributed by atoms with E-state index in [1.165, 1.54) is 0 Å². The minimum Gasteiger partial charge on any atom is -0.328 e. The Morgan fingerprint density at radius 1 is 1.46 bits per heavy atom. The standard InChI is InChI=1S/C4H10N2O3.HNO3/c1-5-3-2-4-9-6(7)8;2-1(3)4/h5H,2-4H2,1H3;(H,2,3,4). The third-order valence-electron chi connectivity index (χ3n) is 0.768. The van der Waals surface area contributed by atoms with Crippen LogP contribution in [0.3, 0.4) is 0 Å². The van der Waals surface area contributed by atoms with Crippen LogP contribution in [0.5, 0.6) is 0 Å². The van der Waals surface area contributed by atoms with Gasteiger partial charge in [-0.3, -0.25) is 0 Å². The van der Waals surface area contributed by atoms with Crippen LogP contribution in [0.25, 0.3) is 0 Å². The van der Waals surface area contributed by atoms with Gasteiger partial charge in [-0.05, 0) is 20.0 Å². The lowest BCUT2D eigenvalue weighted by Gasteiger charge is -1.96. The third-order valence-corrected chi connectivity index (χ3v) is 0.768. The Kier molecular flexibility index (Phi) is 11.1. The molecule has 0 aromatic carbocycles. The van der Waals surface area contributed by atoms with Gasteiger partial charge in [-0.2, -0.15) is 0 Å². The number of nitrogens with zero attached hydrogens (tertiary/aromatic N) is 2. The SMILES string of the molecule is CNCCCO[N+](=O)[O-].O=[N+]([O-])O. The zero-order valence-electron chi connectivity index (χ0n) is 7.00. The van der Waals surface area contributed by atoms with Crippen LogP contribution in [-0.2, 0) is 4.84 Å². The van der Waals surface area contributed by atoms with Crippen LogP contribution < -0.4 is 5.32 Å². The molecular weight excluding hydrogens is 186 g/mol. The molecule has 0 aromatic rings. The molecule has 0 unspecified atom stereocenters. The highest BCUT2D eigenvalue weighted by molar-refractivity contribution is 4.35. The van der Waals surface area contributed by atoms with Crippen molar-refractivity contribution < 1.29 is 20.2 Å². The van der Waals surface area contributed by atoms with Crippen molar-refractivity contribution in [3.63, 3.8) is 0 Å². The molecule has 0 rings (SSSR count). The highest BCUT2D eigenvalue weighted by Gasteiger charge is 1.91. The van der Waals surface area contributed by atoms with Gasteiger partial charge in [-0.25, -0.2) is 0 Å². The zero-order valence-corrected chi connectivity index (χ0v) is 7.00. The normalized spacial score (nSPS) is 8.08. The van der Waals surface area contributed by atoms with E-state index >= 15 is 0 Å². The number of hydrogen-bond acceptors (Lipinski definition) is 6. The molecule has 0 heterocycles. The topological polar surface area (TPSA) is 128 Å². The van der Waals surface area contributed by atoms with Crippen molar-refractivity contribution in [1.82, 2.24) is 5.32 Å². The van der Waals surface area contributed by atoms with Gasteiger partial charge in [0.2, 0.25) is 0 Å². The van der Waals surface area contributed by atoms with Crippen LogP contribution in [0.1, 0.15) is 6.42 Å². The largest absolute Gasteiger partial charge is 0.328 e. The van der Waals surface area contributed by atoms with Gasteiger partial charge in [0.25, 0.3) is 10.2 Å². The van der Waals surface area contributed by atoms with Gasteiger partial charge >= 0.3 is 0 Å². The van der Waals surface area contributed by atoms with E-state index in [1.54, 1.807) is 7.05 Å². The van der Waals surface area contributed by atoms with Gasteiger partial charge in [0.05, 0.1) is 6.61 Å². The molecule has 2 N–H and O–H groups in total. The van der Waals surface area contributed by atoms with E-state index in [1.807, 2.05) is 0 Å². The Labute approximate surface area is 73.5 Å². The zero-order chi connectivity index (χ0) is 10.7. The fourth-order valence-electron chi connectivity index (χ4n) is 0.388. The molecule has 0 saturated carbocycles. The fraction of sp³-hybridized carbons (Fsp3) is 1.00. The Balaban J connectivity index is 0. The second-order valence-electron chi connectivity index (χ2n) is 1.75. The van der Waals surface area contributed by atoms with E-state index in [4.69, 9.17) is 15.3 Å².